The lowest BCUT2D eigenvalue weighted by Gasteiger charge is -2.30. The Labute approximate surface area is 99.3 Å². The third kappa shape index (κ3) is 1.67. The van der Waals surface area contributed by atoms with Crippen LogP contribution in [0.4, 0.5) is 0 Å². The molecule has 2 aliphatic rings. The molecule has 0 saturated carbocycles. The largest absolute Gasteiger partial charge is 0.454 e. The quantitative estimate of drug-likeness (QED) is 0.794. The van der Waals surface area contributed by atoms with Gasteiger partial charge in [-0.05, 0) is 18.7 Å². The van der Waals surface area contributed by atoms with E-state index in [1.54, 1.807) is 0 Å². The van der Waals surface area contributed by atoms with Crippen molar-refractivity contribution in [2.75, 3.05) is 27.0 Å². The third-order valence-corrected chi connectivity index (χ3v) is 3.14. The maximum atomic E-state index is 9.94. The number of likely N-dealkylation sites (N-methyl/N-ethyl adjacent to an activating group) is 1. The molecule has 0 spiro atoms. The van der Waals surface area contributed by atoms with Crippen molar-refractivity contribution < 1.29 is 19.3 Å². The molecule has 2 unspecified atom stereocenters. The Balaban J connectivity index is 2.09. The predicted octanol–water partition coefficient (Wildman–Crippen LogP) is 0.739. The molecule has 5 nitrogen and oxygen atoms in total. The molecule has 0 amide bonds. The van der Waals surface area contributed by atoms with E-state index in [0.29, 0.717) is 18.9 Å². The SMILES string of the molecule is CNCC1OCC(O)c2ccc3c(c21)OCO3. The van der Waals surface area contributed by atoms with Crippen LogP contribution in [-0.4, -0.2) is 32.1 Å². The van der Waals surface area contributed by atoms with Gasteiger partial charge >= 0.3 is 0 Å². The lowest BCUT2D eigenvalue weighted by Crippen LogP contribution is -2.28. The van der Waals surface area contributed by atoms with Crippen molar-refractivity contribution in [3.05, 3.63) is 23.3 Å². The van der Waals surface area contributed by atoms with Crippen LogP contribution in [0.15, 0.2) is 12.1 Å². The number of benzene rings is 1. The van der Waals surface area contributed by atoms with E-state index in [2.05, 4.69) is 5.32 Å². The summed E-state index contributed by atoms with van der Waals surface area (Å²) >= 11 is 0. The van der Waals surface area contributed by atoms with E-state index in [1.165, 1.54) is 0 Å². The Kier molecular flexibility index (Phi) is 2.66. The minimum Gasteiger partial charge on any atom is -0.454 e. The van der Waals surface area contributed by atoms with Crippen LogP contribution in [0, 0.1) is 0 Å². The number of hydrogen-bond donors (Lipinski definition) is 2. The van der Waals surface area contributed by atoms with Gasteiger partial charge in [-0.15, -0.1) is 0 Å². The topological polar surface area (TPSA) is 60.0 Å². The first-order valence-electron chi connectivity index (χ1n) is 5.68. The van der Waals surface area contributed by atoms with E-state index in [1.807, 2.05) is 19.2 Å². The summed E-state index contributed by atoms with van der Waals surface area (Å²) in [7, 11) is 1.87. The highest BCUT2D eigenvalue weighted by molar-refractivity contribution is 5.54. The van der Waals surface area contributed by atoms with E-state index >= 15 is 0 Å². The van der Waals surface area contributed by atoms with Gasteiger partial charge in [0.25, 0.3) is 0 Å². The highest BCUT2D eigenvalue weighted by Gasteiger charge is 2.33. The van der Waals surface area contributed by atoms with Crippen molar-refractivity contribution in [1.29, 1.82) is 0 Å². The van der Waals surface area contributed by atoms with E-state index in [4.69, 9.17) is 14.2 Å². The third-order valence-electron chi connectivity index (χ3n) is 3.14. The molecular formula is C12H15NO4. The number of aliphatic hydroxyl groups excluding tert-OH is 1. The second-order valence-corrected chi connectivity index (χ2v) is 4.20. The van der Waals surface area contributed by atoms with E-state index in [-0.39, 0.29) is 12.9 Å². The molecule has 0 saturated heterocycles. The predicted molar refractivity (Wildman–Crippen MR) is 60.1 cm³/mol. The molecule has 2 atom stereocenters. The molecule has 92 valence electrons. The molecule has 1 aromatic rings. The van der Waals surface area contributed by atoms with Gasteiger partial charge in [-0.3, -0.25) is 0 Å². The zero-order chi connectivity index (χ0) is 11.8. The van der Waals surface area contributed by atoms with Crippen LogP contribution in [-0.2, 0) is 4.74 Å². The summed E-state index contributed by atoms with van der Waals surface area (Å²) in [5.41, 5.74) is 1.79. The first kappa shape index (κ1) is 10.8. The van der Waals surface area contributed by atoms with Gasteiger partial charge in [-0.2, -0.15) is 0 Å². The lowest BCUT2D eigenvalue weighted by atomic mass is 9.94. The van der Waals surface area contributed by atoms with Gasteiger partial charge < -0.3 is 24.6 Å². The van der Waals surface area contributed by atoms with E-state index in [0.717, 1.165) is 16.9 Å². The maximum absolute atomic E-state index is 9.94. The van der Waals surface area contributed by atoms with Crippen LogP contribution >= 0.6 is 0 Å². The number of fused-ring (bicyclic) bond motifs is 3. The Morgan fingerprint density at radius 2 is 2.29 bits per heavy atom. The summed E-state index contributed by atoms with van der Waals surface area (Å²) in [6.07, 6.45) is -0.692. The Morgan fingerprint density at radius 1 is 1.41 bits per heavy atom. The van der Waals surface area contributed by atoms with Gasteiger partial charge in [0.2, 0.25) is 6.79 Å². The van der Waals surface area contributed by atoms with Crippen LogP contribution in [0.3, 0.4) is 0 Å². The van der Waals surface area contributed by atoms with E-state index in [9.17, 15) is 5.11 Å². The molecule has 17 heavy (non-hydrogen) atoms. The molecule has 0 bridgehead atoms. The van der Waals surface area contributed by atoms with Crippen molar-refractivity contribution in [2.24, 2.45) is 0 Å². The van der Waals surface area contributed by atoms with Crippen LogP contribution in [0.1, 0.15) is 23.3 Å². The second kappa shape index (κ2) is 4.18. The smallest absolute Gasteiger partial charge is 0.231 e. The van der Waals surface area contributed by atoms with Crippen molar-refractivity contribution in [1.82, 2.24) is 5.32 Å². The van der Waals surface area contributed by atoms with Crippen LogP contribution in [0.5, 0.6) is 11.5 Å². The Hall–Kier alpha value is -1.30. The number of rotatable bonds is 2. The molecule has 0 aliphatic carbocycles. The average Bonchev–Trinajstić information content (AvgIpc) is 2.80. The first-order chi connectivity index (χ1) is 8.31. The van der Waals surface area contributed by atoms with Crippen LogP contribution in [0.25, 0.3) is 0 Å². The molecular weight excluding hydrogens is 222 g/mol. The molecule has 1 aromatic carbocycles. The minimum atomic E-state index is -0.590. The summed E-state index contributed by atoms with van der Waals surface area (Å²) in [5.74, 6) is 1.43. The molecule has 0 aromatic heterocycles. The monoisotopic (exact) mass is 237 g/mol. The Bertz CT molecular complexity index is 435. The van der Waals surface area contributed by atoms with Gasteiger partial charge in [0.15, 0.2) is 11.5 Å². The molecule has 0 radical (unpaired) electrons. The zero-order valence-electron chi connectivity index (χ0n) is 9.60. The first-order valence-corrected chi connectivity index (χ1v) is 5.68. The van der Waals surface area contributed by atoms with Gasteiger partial charge in [0.05, 0.1) is 12.7 Å². The maximum Gasteiger partial charge on any atom is 0.231 e. The second-order valence-electron chi connectivity index (χ2n) is 4.20. The fourth-order valence-electron chi connectivity index (χ4n) is 2.36. The molecule has 3 rings (SSSR count). The minimum absolute atomic E-state index is 0.102. The zero-order valence-corrected chi connectivity index (χ0v) is 9.60. The van der Waals surface area contributed by atoms with Gasteiger partial charge in [0, 0.05) is 12.1 Å². The van der Waals surface area contributed by atoms with Gasteiger partial charge in [0.1, 0.15) is 6.10 Å². The number of aliphatic hydroxyl groups is 1. The van der Waals surface area contributed by atoms with E-state index < -0.39 is 6.10 Å². The van der Waals surface area contributed by atoms with Crippen molar-refractivity contribution >= 4 is 0 Å². The highest BCUT2D eigenvalue weighted by atomic mass is 16.7. The summed E-state index contributed by atoms with van der Waals surface area (Å²) in [5, 5.41) is 13.0. The summed E-state index contributed by atoms with van der Waals surface area (Å²) in [6.45, 7) is 1.23. The summed E-state index contributed by atoms with van der Waals surface area (Å²) in [6, 6.07) is 3.73. The molecule has 5 heteroatoms. The van der Waals surface area contributed by atoms with Crippen molar-refractivity contribution in [3.63, 3.8) is 0 Å². The number of nitrogens with one attached hydrogen (secondary N) is 1. The average molecular weight is 237 g/mol. The molecule has 2 N–H and O–H groups in total. The summed E-state index contributed by atoms with van der Waals surface area (Å²) < 4.78 is 16.5. The molecule has 0 fully saturated rings. The van der Waals surface area contributed by atoms with Crippen LogP contribution < -0.4 is 14.8 Å². The molecule has 2 aliphatic heterocycles. The lowest BCUT2D eigenvalue weighted by molar-refractivity contribution is -0.0301. The standard InChI is InChI=1S/C12H15NO4/c1-13-4-10-11-7(8(14)5-15-10)2-3-9-12(11)17-6-16-9/h2-3,8,10,13-14H,4-6H2,1H3. The normalized spacial score (nSPS) is 25.8. The molecule has 2 heterocycles. The van der Waals surface area contributed by atoms with Crippen LogP contribution in [0.2, 0.25) is 0 Å². The highest BCUT2D eigenvalue weighted by Crippen LogP contribution is 2.45. The summed E-state index contributed by atoms with van der Waals surface area (Å²) in [4.78, 5) is 0. The van der Waals surface area contributed by atoms with Crippen molar-refractivity contribution in [2.45, 2.75) is 12.2 Å². The van der Waals surface area contributed by atoms with Crippen molar-refractivity contribution in [3.8, 4) is 11.5 Å². The number of hydrogen-bond acceptors (Lipinski definition) is 5. The fraction of sp³-hybridized carbons (Fsp3) is 0.500. The number of ether oxygens (including phenoxy) is 3. The van der Waals surface area contributed by atoms with Gasteiger partial charge in [-0.1, -0.05) is 6.07 Å². The fourth-order valence-corrected chi connectivity index (χ4v) is 2.36. The Morgan fingerprint density at radius 3 is 3.12 bits per heavy atom. The van der Waals surface area contributed by atoms with Gasteiger partial charge in [-0.25, -0.2) is 0 Å².